The predicted molar refractivity (Wildman–Crippen MR) is 77.7 cm³/mol. The molecule has 3 rings (SSSR count). The number of carbonyl (C=O) groups is 1. The number of aromatic nitrogens is 3. The van der Waals surface area contributed by atoms with Gasteiger partial charge in [-0.15, -0.1) is 10.2 Å². The lowest BCUT2D eigenvalue weighted by Gasteiger charge is -2.29. The Morgan fingerprint density at radius 2 is 2.05 bits per heavy atom. The maximum atomic E-state index is 11.0. The van der Waals surface area contributed by atoms with Crippen LogP contribution in [0.15, 0.2) is 18.3 Å². The molecule has 1 saturated heterocycles. The summed E-state index contributed by atoms with van der Waals surface area (Å²) < 4.78 is 1.81. The molecule has 0 bridgehead atoms. The molecule has 2 N–H and O–H groups in total. The second-order valence-corrected chi connectivity index (χ2v) is 5.93. The average Bonchev–Trinajstić information content (AvgIpc) is 3.15. The van der Waals surface area contributed by atoms with Gasteiger partial charge in [-0.1, -0.05) is 11.3 Å². The van der Waals surface area contributed by atoms with Crippen molar-refractivity contribution in [3.63, 3.8) is 0 Å². The normalized spacial score (nSPS) is 16.3. The second-order valence-electron chi connectivity index (χ2n) is 4.99. The van der Waals surface area contributed by atoms with Crippen LogP contribution in [0.4, 0.5) is 5.13 Å². The number of aliphatic carboxylic acids is 1. The van der Waals surface area contributed by atoms with Crippen molar-refractivity contribution in [1.82, 2.24) is 14.8 Å². The quantitative estimate of drug-likeness (QED) is 0.879. The van der Waals surface area contributed by atoms with E-state index >= 15 is 0 Å². The molecule has 1 aliphatic heterocycles. The molecule has 21 heavy (non-hydrogen) atoms. The molecule has 8 heteroatoms. The molecule has 2 aromatic rings. The molecule has 0 radical (unpaired) electrons. The first-order valence-electron chi connectivity index (χ1n) is 6.77. The molecule has 0 atom stereocenters. The number of carboxylic acids is 1. The maximum Gasteiger partial charge on any atom is 0.306 e. The number of carboxylic acid groups (broad SMARTS) is 1. The summed E-state index contributed by atoms with van der Waals surface area (Å²) in [6, 6.07) is 3.68. The zero-order valence-electron chi connectivity index (χ0n) is 11.3. The Morgan fingerprint density at radius 3 is 2.71 bits per heavy atom. The SMILES string of the molecule is O=C(O)C1CCN(c2nnc(-n3cccc3CO)s2)CC1. The Balaban J connectivity index is 1.73. The summed E-state index contributed by atoms with van der Waals surface area (Å²) in [5, 5.41) is 28.1. The molecule has 1 fully saturated rings. The molecule has 0 aliphatic carbocycles. The van der Waals surface area contributed by atoms with E-state index in [1.807, 2.05) is 22.9 Å². The smallest absolute Gasteiger partial charge is 0.306 e. The minimum absolute atomic E-state index is 0.0497. The van der Waals surface area contributed by atoms with E-state index in [0.29, 0.717) is 31.1 Å². The van der Waals surface area contributed by atoms with Gasteiger partial charge in [0.1, 0.15) is 0 Å². The van der Waals surface area contributed by atoms with E-state index in [-0.39, 0.29) is 12.5 Å². The fourth-order valence-electron chi connectivity index (χ4n) is 2.48. The Kier molecular flexibility index (Phi) is 3.89. The lowest BCUT2D eigenvalue weighted by Crippen LogP contribution is -2.36. The van der Waals surface area contributed by atoms with Crippen LogP contribution >= 0.6 is 11.3 Å². The van der Waals surface area contributed by atoms with Crippen LogP contribution in [0, 0.1) is 5.92 Å². The van der Waals surface area contributed by atoms with Crippen molar-refractivity contribution in [1.29, 1.82) is 0 Å². The third kappa shape index (κ3) is 2.77. The summed E-state index contributed by atoms with van der Waals surface area (Å²) in [6.45, 7) is 1.32. The first kappa shape index (κ1) is 14.0. The van der Waals surface area contributed by atoms with Gasteiger partial charge in [-0.2, -0.15) is 0 Å². The number of rotatable bonds is 4. The number of piperidine rings is 1. The molecule has 0 amide bonds. The summed E-state index contributed by atoms with van der Waals surface area (Å²) in [5.74, 6) is -0.966. The molecule has 0 aromatic carbocycles. The molecule has 0 unspecified atom stereocenters. The van der Waals surface area contributed by atoms with E-state index in [1.165, 1.54) is 11.3 Å². The van der Waals surface area contributed by atoms with Gasteiger partial charge in [0.25, 0.3) is 0 Å². The minimum atomic E-state index is -0.715. The van der Waals surface area contributed by atoms with E-state index in [1.54, 1.807) is 0 Å². The van der Waals surface area contributed by atoms with Crippen LogP contribution in [0.25, 0.3) is 5.13 Å². The molecule has 1 aliphatic rings. The number of aliphatic hydroxyl groups is 1. The third-order valence-corrected chi connectivity index (χ3v) is 4.70. The van der Waals surface area contributed by atoms with Crippen LogP contribution in [-0.2, 0) is 11.4 Å². The number of hydrogen-bond donors (Lipinski definition) is 2. The molecular weight excluding hydrogens is 292 g/mol. The summed E-state index contributed by atoms with van der Waals surface area (Å²) in [7, 11) is 0. The zero-order valence-corrected chi connectivity index (χ0v) is 12.2. The van der Waals surface area contributed by atoms with Crippen LogP contribution < -0.4 is 4.90 Å². The van der Waals surface area contributed by atoms with E-state index in [4.69, 9.17) is 5.11 Å². The van der Waals surface area contributed by atoms with Crippen LogP contribution in [0.1, 0.15) is 18.5 Å². The largest absolute Gasteiger partial charge is 0.481 e. The van der Waals surface area contributed by atoms with Gasteiger partial charge in [0.05, 0.1) is 18.2 Å². The van der Waals surface area contributed by atoms with Crippen LogP contribution in [-0.4, -0.2) is 44.0 Å². The van der Waals surface area contributed by atoms with Crippen molar-refractivity contribution in [2.45, 2.75) is 19.4 Å². The second kappa shape index (κ2) is 5.82. The highest BCUT2D eigenvalue weighted by Gasteiger charge is 2.26. The molecule has 2 aromatic heterocycles. The Bertz CT molecular complexity index is 631. The van der Waals surface area contributed by atoms with Gasteiger partial charge >= 0.3 is 5.97 Å². The van der Waals surface area contributed by atoms with Gasteiger partial charge in [0.2, 0.25) is 10.3 Å². The fraction of sp³-hybridized carbons (Fsp3) is 0.462. The van der Waals surface area contributed by atoms with Crippen molar-refractivity contribution in [2.24, 2.45) is 5.92 Å². The first-order valence-corrected chi connectivity index (χ1v) is 7.59. The van der Waals surface area contributed by atoms with E-state index in [0.717, 1.165) is 10.8 Å². The average molecular weight is 308 g/mol. The number of hydrogen-bond acceptors (Lipinski definition) is 6. The van der Waals surface area contributed by atoms with Crippen molar-refractivity contribution < 1.29 is 15.0 Å². The number of nitrogens with zero attached hydrogens (tertiary/aromatic N) is 4. The van der Waals surface area contributed by atoms with Crippen molar-refractivity contribution >= 4 is 22.4 Å². The molecular formula is C13H16N4O3S. The van der Waals surface area contributed by atoms with Crippen LogP contribution in [0.2, 0.25) is 0 Å². The van der Waals surface area contributed by atoms with Gasteiger partial charge in [0, 0.05) is 19.3 Å². The fourth-order valence-corrected chi connectivity index (χ4v) is 3.40. The minimum Gasteiger partial charge on any atom is -0.481 e. The van der Waals surface area contributed by atoms with E-state index < -0.39 is 5.97 Å². The highest BCUT2D eigenvalue weighted by Crippen LogP contribution is 2.28. The number of anilines is 1. The van der Waals surface area contributed by atoms with Gasteiger partial charge in [-0.05, 0) is 25.0 Å². The first-order chi connectivity index (χ1) is 10.2. The predicted octanol–water partition coefficient (Wildman–Crippen LogP) is 1.12. The van der Waals surface area contributed by atoms with Gasteiger partial charge in [-0.25, -0.2) is 0 Å². The molecule has 0 saturated carbocycles. The Hall–Kier alpha value is -1.93. The third-order valence-electron chi connectivity index (χ3n) is 3.72. The van der Waals surface area contributed by atoms with Gasteiger partial charge < -0.3 is 15.1 Å². The highest BCUT2D eigenvalue weighted by molar-refractivity contribution is 7.17. The van der Waals surface area contributed by atoms with Crippen molar-refractivity contribution in [3.05, 3.63) is 24.0 Å². The lowest BCUT2D eigenvalue weighted by molar-refractivity contribution is -0.142. The van der Waals surface area contributed by atoms with Gasteiger partial charge in [0.15, 0.2) is 0 Å². The van der Waals surface area contributed by atoms with Crippen molar-refractivity contribution in [2.75, 3.05) is 18.0 Å². The monoisotopic (exact) mass is 308 g/mol. The Morgan fingerprint density at radius 1 is 1.33 bits per heavy atom. The van der Waals surface area contributed by atoms with Gasteiger partial charge in [-0.3, -0.25) is 9.36 Å². The summed E-state index contributed by atoms with van der Waals surface area (Å²) in [5.41, 5.74) is 0.766. The zero-order chi connectivity index (χ0) is 14.8. The standard InChI is InChI=1S/C13H16N4O3S/c18-8-10-2-1-5-17(10)13-15-14-12(21-13)16-6-3-9(4-7-16)11(19)20/h1-2,5,9,18H,3-4,6-8H2,(H,19,20). The Labute approximate surface area is 125 Å². The number of aliphatic hydroxyl groups excluding tert-OH is 1. The molecule has 3 heterocycles. The van der Waals surface area contributed by atoms with E-state index in [2.05, 4.69) is 15.1 Å². The summed E-state index contributed by atoms with van der Waals surface area (Å²) in [6.07, 6.45) is 3.11. The lowest BCUT2D eigenvalue weighted by atomic mass is 9.98. The molecule has 0 spiro atoms. The van der Waals surface area contributed by atoms with Crippen molar-refractivity contribution in [3.8, 4) is 5.13 Å². The highest BCUT2D eigenvalue weighted by atomic mass is 32.1. The van der Waals surface area contributed by atoms with E-state index in [9.17, 15) is 9.90 Å². The maximum absolute atomic E-state index is 11.0. The molecule has 112 valence electrons. The summed E-state index contributed by atoms with van der Waals surface area (Å²) >= 11 is 1.44. The van der Waals surface area contributed by atoms with Crippen LogP contribution in [0.3, 0.4) is 0 Å². The topological polar surface area (TPSA) is 91.5 Å². The van der Waals surface area contributed by atoms with Crippen LogP contribution in [0.5, 0.6) is 0 Å². The summed E-state index contributed by atoms with van der Waals surface area (Å²) in [4.78, 5) is 13.0. The molecule has 7 nitrogen and oxygen atoms in total.